The molecular weight excluding hydrogens is 254 g/mol. The first kappa shape index (κ1) is 14.2. The highest BCUT2D eigenvalue weighted by atomic mass is 16.5. The van der Waals surface area contributed by atoms with Gasteiger partial charge in [-0.05, 0) is 30.3 Å². The van der Waals surface area contributed by atoms with Gasteiger partial charge in [-0.2, -0.15) is 0 Å². The molecule has 2 aromatic carbocycles. The lowest BCUT2D eigenvalue weighted by molar-refractivity contribution is 0.272. The zero-order valence-electron chi connectivity index (χ0n) is 11.7. The van der Waals surface area contributed by atoms with Gasteiger partial charge in [0.2, 0.25) is 0 Å². The minimum absolute atomic E-state index is 0.0432. The second kappa shape index (κ2) is 6.82. The quantitative estimate of drug-likeness (QED) is 0.849. The monoisotopic (exact) mass is 273 g/mol. The van der Waals surface area contributed by atoms with E-state index in [9.17, 15) is 5.11 Å². The van der Waals surface area contributed by atoms with Crippen LogP contribution in [0.25, 0.3) is 0 Å². The molecule has 1 unspecified atom stereocenters. The zero-order valence-corrected chi connectivity index (χ0v) is 11.7. The van der Waals surface area contributed by atoms with Crippen LogP contribution in [0.1, 0.15) is 11.6 Å². The Morgan fingerprint density at radius 2 is 1.80 bits per heavy atom. The van der Waals surface area contributed by atoms with Crippen molar-refractivity contribution in [1.82, 2.24) is 0 Å². The number of benzene rings is 2. The third-order valence-corrected chi connectivity index (χ3v) is 3.11. The number of rotatable bonds is 6. The standard InChI is InChI=1S/C16H19NO3/c1-19-13-8-9-16(20-2)14(10-13)15(11-18)17-12-6-4-3-5-7-12/h3-10,15,17-18H,11H2,1-2H3. The number of methoxy groups -OCH3 is 2. The maximum atomic E-state index is 9.67. The maximum absolute atomic E-state index is 9.67. The van der Waals surface area contributed by atoms with Gasteiger partial charge in [-0.15, -0.1) is 0 Å². The largest absolute Gasteiger partial charge is 0.497 e. The summed E-state index contributed by atoms with van der Waals surface area (Å²) in [6, 6.07) is 15.0. The molecule has 0 bridgehead atoms. The van der Waals surface area contributed by atoms with Crippen molar-refractivity contribution in [3.63, 3.8) is 0 Å². The Balaban J connectivity index is 2.30. The van der Waals surface area contributed by atoms with Gasteiger partial charge in [0.25, 0.3) is 0 Å². The number of nitrogens with one attached hydrogen (secondary N) is 1. The summed E-state index contributed by atoms with van der Waals surface area (Å²) in [7, 11) is 3.23. The molecule has 4 nitrogen and oxygen atoms in total. The molecule has 0 heterocycles. The Kier molecular flexibility index (Phi) is 4.85. The van der Waals surface area contributed by atoms with Crippen LogP contribution >= 0.6 is 0 Å². The predicted octanol–water partition coefficient (Wildman–Crippen LogP) is 2.85. The number of hydrogen-bond acceptors (Lipinski definition) is 4. The van der Waals surface area contributed by atoms with Crippen molar-refractivity contribution in [1.29, 1.82) is 0 Å². The summed E-state index contributed by atoms with van der Waals surface area (Å²) >= 11 is 0. The molecule has 1 atom stereocenters. The molecule has 0 aliphatic heterocycles. The van der Waals surface area contributed by atoms with Crippen LogP contribution in [-0.4, -0.2) is 25.9 Å². The topological polar surface area (TPSA) is 50.7 Å². The van der Waals surface area contributed by atoms with Crippen LogP contribution < -0.4 is 14.8 Å². The molecule has 2 aromatic rings. The summed E-state index contributed by atoms with van der Waals surface area (Å²) < 4.78 is 10.6. The van der Waals surface area contributed by atoms with Gasteiger partial charge in [-0.25, -0.2) is 0 Å². The Bertz CT molecular complexity index is 543. The predicted molar refractivity (Wildman–Crippen MR) is 79.4 cm³/mol. The Morgan fingerprint density at radius 1 is 1.05 bits per heavy atom. The minimum atomic E-state index is -0.262. The first-order valence-corrected chi connectivity index (χ1v) is 6.43. The summed E-state index contributed by atoms with van der Waals surface area (Å²) in [5.74, 6) is 1.45. The normalized spacial score (nSPS) is 11.8. The van der Waals surface area contributed by atoms with E-state index in [4.69, 9.17) is 9.47 Å². The van der Waals surface area contributed by atoms with E-state index in [1.165, 1.54) is 0 Å². The molecule has 0 radical (unpaired) electrons. The number of hydrogen-bond donors (Lipinski definition) is 2. The smallest absolute Gasteiger partial charge is 0.124 e. The molecule has 106 valence electrons. The van der Waals surface area contributed by atoms with E-state index in [1.807, 2.05) is 48.5 Å². The third kappa shape index (κ3) is 3.22. The van der Waals surface area contributed by atoms with Crippen molar-refractivity contribution in [3.05, 3.63) is 54.1 Å². The highest BCUT2D eigenvalue weighted by Crippen LogP contribution is 2.31. The number of ether oxygens (including phenoxy) is 2. The molecule has 0 amide bonds. The second-order valence-corrected chi connectivity index (χ2v) is 4.35. The van der Waals surface area contributed by atoms with Gasteiger partial charge >= 0.3 is 0 Å². The summed E-state index contributed by atoms with van der Waals surface area (Å²) in [5.41, 5.74) is 1.80. The molecule has 0 fully saturated rings. The Hall–Kier alpha value is -2.20. The van der Waals surface area contributed by atoms with E-state index in [-0.39, 0.29) is 12.6 Å². The molecule has 0 spiro atoms. The van der Waals surface area contributed by atoms with E-state index in [2.05, 4.69) is 5.32 Å². The lowest BCUT2D eigenvalue weighted by Crippen LogP contribution is -2.16. The Labute approximate surface area is 119 Å². The lowest BCUT2D eigenvalue weighted by atomic mass is 10.1. The lowest BCUT2D eigenvalue weighted by Gasteiger charge is -2.21. The van der Waals surface area contributed by atoms with Crippen LogP contribution in [0.4, 0.5) is 5.69 Å². The van der Waals surface area contributed by atoms with Crippen LogP contribution in [0.15, 0.2) is 48.5 Å². The van der Waals surface area contributed by atoms with Gasteiger partial charge in [0.1, 0.15) is 11.5 Å². The highest BCUT2D eigenvalue weighted by Gasteiger charge is 2.16. The van der Waals surface area contributed by atoms with Gasteiger partial charge in [-0.3, -0.25) is 0 Å². The fraction of sp³-hybridized carbons (Fsp3) is 0.250. The van der Waals surface area contributed by atoms with Gasteiger partial charge < -0.3 is 19.9 Å². The van der Waals surface area contributed by atoms with Crippen molar-refractivity contribution in [2.45, 2.75) is 6.04 Å². The fourth-order valence-electron chi connectivity index (χ4n) is 2.07. The van der Waals surface area contributed by atoms with Crippen molar-refractivity contribution in [2.75, 3.05) is 26.1 Å². The molecular formula is C16H19NO3. The molecule has 0 aromatic heterocycles. The highest BCUT2D eigenvalue weighted by molar-refractivity contribution is 5.49. The first-order chi connectivity index (χ1) is 9.78. The van der Waals surface area contributed by atoms with Crippen LogP contribution in [0.5, 0.6) is 11.5 Å². The first-order valence-electron chi connectivity index (χ1n) is 6.43. The summed E-state index contributed by atoms with van der Waals surface area (Å²) in [6.07, 6.45) is 0. The number of aliphatic hydroxyl groups is 1. The summed E-state index contributed by atoms with van der Waals surface area (Å²) in [5, 5.41) is 13.0. The second-order valence-electron chi connectivity index (χ2n) is 4.35. The summed E-state index contributed by atoms with van der Waals surface area (Å²) in [6.45, 7) is -0.0432. The molecule has 0 aliphatic rings. The molecule has 20 heavy (non-hydrogen) atoms. The molecule has 2 rings (SSSR count). The van der Waals surface area contributed by atoms with Crippen molar-refractivity contribution in [2.24, 2.45) is 0 Å². The van der Waals surface area contributed by atoms with E-state index in [1.54, 1.807) is 14.2 Å². The van der Waals surface area contributed by atoms with Crippen molar-refractivity contribution < 1.29 is 14.6 Å². The third-order valence-electron chi connectivity index (χ3n) is 3.11. The minimum Gasteiger partial charge on any atom is -0.497 e. The van der Waals surface area contributed by atoms with E-state index >= 15 is 0 Å². The van der Waals surface area contributed by atoms with Crippen molar-refractivity contribution in [3.8, 4) is 11.5 Å². The van der Waals surface area contributed by atoms with Crippen molar-refractivity contribution >= 4 is 5.69 Å². The molecule has 2 N–H and O–H groups in total. The number of anilines is 1. The van der Waals surface area contributed by atoms with Gasteiger partial charge in [-0.1, -0.05) is 18.2 Å². The number of para-hydroxylation sites is 1. The number of aliphatic hydroxyl groups excluding tert-OH is 1. The average Bonchev–Trinajstić information content (AvgIpc) is 2.53. The summed E-state index contributed by atoms with van der Waals surface area (Å²) in [4.78, 5) is 0. The van der Waals surface area contributed by atoms with E-state index in [0.29, 0.717) is 5.75 Å². The molecule has 4 heteroatoms. The average molecular weight is 273 g/mol. The SMILES string of the molecule is COc1ccc(OC)c(C(CO)Nc2ccccc2)c1. The van der Waals surface area contributed by atoms with E-state index < -0.39 is 0 Å². The van der Waals surface area contributed by atoms with Gasteiger partial charge in [0, 0.05) is 11.3 Å². The van der Waals surface area contributed by atoms with Crippen LogP contribution in [0.2, 0.25) is 0 Å². The molecule has 0 aliphatic carbocycles. The Morgan fingerprint density at radius 3 is 2.40 bits per heavy atom. The zero-order chi connectivity index (χ0) is 14.4. The van der Waals surface area contributed by atoms with E-state index in [0.717, 1.165) is 17.0 Å². The van der Waals surface area contributed by atoms with Gasteiger partial charge in [0.15, 0.2) is 0 Å². The van der Waals surface area contributed by atoms with Gasteiger partial charge in [0.05, 0.1) is 26.9 Å². The fourth-order valence-corrected chi connectivity index (χ4v) is 2.07. The molecule has 0 saturated heterocycles. The maximum Gasteiger partial charge on any atom is 0.124 e. The van der Waals surface area contributed by atoms with Crippen LogP contribution in [0.3, 0.4) is 0 Å². The van der Waals surface area contributed by atoms with Crippen LogP contribution in [-0.2, 0) is 0 Å². The van der Waals surface area contributed by atoms with Crippen LogP contribution in [0, 0.1) is 0 Å². The molecule has 0 saturated carbocycles.